The molecule has 35 heavy (non-hydrogen) atoms. The Labute approximate surface area is 203 Å². The smallest absolute Gasteiger partial charge is 0.181 e. The molecular weight excluding hydrogens is 439 g/mol. The summed E-state index contributed by atoms with van der Waals surface area (Å²) in [7, 11) is 0. The molecule has 0 radical (unpaired) electrons. The molecule has 0 unspecified atom stereocenters. The number of hydrogen-bond acceptors (Lipinski definition) is 4. The molecule has 0 spiro atoms. The summed E-state index contributed by atoms with van der Waals surface area (Å²) in [6.45, 7) is 0.328. The minimum absolute atomic E-state index is 0.0970. The molecule has 5 aromatic rings. The number of nitrogens with zero attached hydrogens (tertiary/aromatic N) is 2. The van der Waals surface area contributed by atoms with Gasteiger partial charge in [0.1, 0.15) is 30.1 Å². The van der Waals surface area contributed by atoms with Gasteiger partial charge in [-0.3, -0.25) is 0 Å². The van der Waals surface area contributed by atoms with E-state index in [0.29, 0.717) is 6.61 Å². The third-order valence-corrected chi connectivity index (χ3v) is 7.09. The van der Waals surface area contributed by atoms with Crippen LogP contribution in [0.4, 0.5) is 4.39 Å². The van der Waals surface area contributed by atoms with Crippen LogP contribution in [0.15, 0.2) is 95.9 Å². The molecule has 1 saturated carbocycles. The van der Waals surface area contributed by atoms with Gasteiger partial charge in [0.2, 0.25) is 0 Å². The first-order valence-corrected chi connectivity index (χ1v) is 12.0. The largest absolute Gasteiger partial charge is 0.487 e. The van der Waals surface area contributed by atoms with Crippen LogP contribution in [0.25, 0.3) is 22.2 Å². The van der Waals surface area contributed by atoms with E-state index in [1.807, 2.05) is 18.2 Å². The number of pyridine rings is 1. The number of aromatic nitrogens is 2. The van der Waals surface area contributed by atoms with Crippen LogP contribution in [-0.4, -0.2) is 9.97 Å². The molecule has 2 aromatic heterocycles. The Morgan fingerprint density at radius 2 is 1.77 bits per heavy atom. The Bertz CT molecular complexity index is 1460. The van der Waals surface area contributed by atoms with Gasteiger partial charge in [-0.15, -0.1) is 0 Å². The predicted octanol–water partition coefficient (Wildman–Crippen LogP) is 7.47. The maximum atomic E-state index is 13.5. The zero-order valence-electron chi connectivity index (χ0n) is 19.3. The van der Waals surface area contributed by atoms with E-state index in [1.54, 1.807) is 12.3 Å². The predicted molar refractivity (Wildman–Crippen MR) is 134 cm³/mol. The lowest BCUT2D eigenvalue weighted by Crippen LogP contribution is -2.24. The van der Waals surface area contributed by atoms with Gasteiger partial charge in [-0.05, 0) is 66.4 Å². The van der Waals surface area contributed by atoms with E-state index in [4.69, 9.17) is 9.15 Å². The lowest BCUT2D eigenvalue weighted by Gasteiger charge is -2.32. The number of hydrogen-bond donors (Lipinski definition) is 0. The van der Waals surface area contributed by atoms with Crippen LogP contribution in [-0.2, 0) is 12.0 Å². The molecule has 4 nitrogen and oxygen atoms in total. The highest BCUT2D eigenvalue weighted by Gasteiger charge is 2.39. The number of rotatable bonds is 6. The van der Waals surface area contributed by atoms with Crippen molar-refractivity contribution in [2.24, 2.45) is 0 Å². The summed E-state index contributed by atoms with van der Waals surface area (Å²) in [5.74, 6) is 0.526. The summed E-state index contributed by atoms with van der Waals surface area (Å²) < 4.78 is 25.1. The summed E-state index contributed by atoms with van der Waals surface area (Å²) in [5.41, 5.74) is 5.89. The normalized spacial score (nSPS) is 14.9. The van der Waals surface area contributed by atoms with Crippen LogP contribution in [0.3, 0.4) is 0 Å². The quantitative estimate of drug-likeness (QED) is 0.262. The Hall–Kier alpha value is -3.99. The van der Waals surface area contributed by atoms with Crippen molar-refractivity contribution in [1.29, 1.82) is 0 Å². The van der Waals surface area contributed by atoms with Crippen LogP contribution >= 0.6 is 0 Å². The van der Waals surface area contributed by atoms with E-state index in [-0.39, 0.29) is 11.2 Å². The van der Waals surface area contributed by atoms with E-state index >= 15 is 0 Å². The maximum Gasteiger partial charge on any atom is 0.181 e. The molecule has 1 fully saturated rings. The lowest BCUT2D eigenvalue weighted by molar-refractivity contribution is 0.301. The fourth-order valence-corrected chi connectivity index (χ4v) is 5.40. The molecule has 1 aliphatic carbocycles. The van der Waals surface area contributed by atoms with Crippen molar-refractivity contribution in [1.82, 2.24) is 9.97 Å². The van der Waals surface area contributed by atoms with Crippen LogP contribution < -0.4 is 4.74 Å². The molecule has 0 saturated heterocycles. The van der Waals surface area contributed by atoms with Crippen molar-refractivity contribution in [2.45, 2.75) is 37.7 Å². The van der Waals surface area contributed by atoms with Crippen LogP contribution in [0, 0.1) is 5.82 Å². The molecule has 6 rings (SSSR count). The monoisotopic (exact) mass is 464 g/mol. The third kappa shape index (κ3) is 4.08. The molecule has 0 amide bonds. The molecule has 3 aromatic carbocycles. The number of oxazole rings is 1. The van der Waals surface area contributed by atoms with E-state index in [1.165, 1.54) is 42.5 Å². The first-order valence-electron chi connectivity index (χ1n) is 12.0. The Morgan fingerprint density at radius 1 is 0.914 bits per heavy atom. The van der Waals surface area contributed by atoms with Gasteiger partial charge in [-0.25, -0.2) is 14.4 Å². The van der Waals surface area contributed by atoms with Gasteiger partial charge >= 0.3 is 0 Å². The SMILES string of the molecule is Fc1ccc2nc(COc3ccc(-c4cocn4)c(C4(c5ccccc5)CCCC4)c3)ccc2c1. The minimum Gasteiger partial charge on any atom is -0.487 e. The average molecular weight is 465 g/mol. The fraction of sp³-hybridized carbons (Fsp3) is 0.200. The summed E-state index contributed by atoms with van der Waals surface area (Å²) in [5, 5.41) is 0.777. The number of benzene rings is 3. The van der Waals surface area contributed by atoms with Gasteiger partial charge in [0.05, 0.1) is 11.2 Å². The van der Waals surface area contributed by atoms with Crippen LogP contribution in [0.2, 0.25) is 0 Å². The van der Waals surface area contributed by atoms with Gasteiger partial charge in [-0.2, -0.15) is 0 Å². The molecule has 0 N–H and O–H groups in total. The van der Waals surface area contributed by atoms with E-state index in [9.17, 15) is 4.39 Å². The van der Waals surface area contributed by atoms with Gasteiger partial charge < -0.3 is 9.15 Å². The second kappa shape index (κ2) is 8.99. The van der Waals surface area contributed by atoms with Crippen molar-refractivity contribution in [3.05, 3.63) is 114 Å². The molecule has 174 valence electrons. The Balaban J connectivity index is 1.37. The Kier molecular flexibility index (Phi) is 5.53. The van der Waals surface area contributed by atoms with E-state index in [2.05, 4.69) is 52.4 Å². The van der Waals surface area contributed by atoms with Crippen molar-refractivity contribution in [3.8, 4) is 17.0 Å². The highest BCUT2D eigenvalue weighted by molar-refractivity contribution is 5.78. The summed E-state index contributed by atoms with van der Waals surface area (Å²) in [6.07, 6.45) is 7.70. The Morgan fingerprint density at radius 3 is 2.57 bits per heavy atom. The summed E-state index contributed by atoms with van der Waals surface area (Å²) in [6, 6.07) is 25.4. The zero-order chi connectivity index (χ0) is 23.7. The first-order chi connectivity index (χ1) is 17.2. The average Bonchev–Trinajstić information content (AvgIpc) is 3.61. The molecular formula is C30H25FN2O2. The second-order valence-corrected chi connectivity index (χ2v) is 9.16. The maximum absolute atomic E-state index is 13.5. The number of halogens is 1. The van der Waals surface area contributed by atoms with E-state index in [0.717, 1.165) is 46.4 Å². The molecule has 0 bridgehead atoms. The summed E-state index contributed by atoms with van der Waals surface area (Å²) >= 11 is 0. The zero-order valence-corrected chi connectivity index (χ0v) is 19.3. The topological polar surface area (TPSA) is 48.2 Å². The molecule has 0 atom stereocenters. The van der Waals surface area contributed by atoms with Crippen molar-refractivity contribution < 1.29 is 13.5 Å². The van der Waals surface area contributed by atoms with Crippen LogP contribution in [0.1, 0.15) is 42.5 Å². The highest BCUT2D eigenvalue weighted by Crippen LogP contribution is 2.50. The summed E-state index contributed by atoms with van der Waals surface area (Å²) in [4.78, 5) is 9.09. The van der Waals surface area contributed by atoms with Crippen molar-refractivity contribution in [2.75, 3.05) is 0 Å². The first kappa shape index (κ1) is 21.5. The number of fused-ring (bicyclic) bond motifs is 1. The molecule has 2 heterocycles. The van der Waals surface area contributed by atoms with Gasteiger partial charge in [0.25, 0.3) is 0 Å². The second-order valence-electron chi connectivity index (χ2n) is 9.16. The minimum atomic E-state index is -0.262. The highest BCUT2D eigenvalue weighted by atomic mass is 19.1. The molecule has 5 heteroatoms. The van der Waals surface area contributed by atoms with Gasteiger partial charge in [-0.1, -0.05) is 49.2 Å². The van der Waals surface area contributed by atoms with Crippen LogP contribution in [0.5, 0.6) is 5.75 Å². The standard InChI is InChI=1S/C30H25FN2O2/c31-23-9-13-28-21(16-23)8-10-24(33-28)18-35-25-11-12-26(29-19-34-20-32-29)27(17-25)30(14-4-5-15-30)22-6-2-1-3-7-22/h1-3,6-13,16-17,19-20H,4-5,14-15,18H2. The van der Waals surface area contributed by atoms with E-state index < -0.39 is 0 Å². The fourth-order valence-electron chi connectivity index (χ4n) is 5.40. The molecule has 0 aliphatic heterocycles. The lowest BCUT2D eigenvalue weighted by atomic mass is 9.71. The molecule has 1 aliphatic rings. The number of ether oxygens (including phenoxy) is 1. The van der Waals surface area contributed by atoms with Crippen molar-refractivity contribution in [3.63, 3.8) is 0 Å². The van der Waals surface area contributed by atoms with Gasteiger partial charge in [0, 0.05) is 16.4 Å². The van der Waals surface area contributed by atoms with Crippen molar-refractivity contribution >= 4 is 10.9 Å². The third-order valence-electron chi connectivity index (χ3n) is 7.09. The van der Waals surface area contributed by atoms with Gasteiger partial charge in [0.15, 0.2) is 6.39 Å².